The second-order valence-electron chi connectivity index (χ2n) is 17.4. The van der Waals surface area contributed by atoms with Crippen molar-refractivity contribution in [1.82, 2.24) is 18.9 Å². The first-order valence-corrected chi connectivity index (χ1v) is 25.0. The van der Waals surface area contributed by atoms with Gasteiger partial charge in [0.25, 0.3) is 0 Å². The lowest BCUT2D eigenvalue weighted by Crippen LogP contribution is -2.54. The monoisotopic (exact) mass is 960 g/mol. The Kier molecular flexibility index (Phi) is 11.4. The third kappa shape index (κ3) is 7.63. The summed E-state index contributed by atoms with van der Waals surface area (Å²) in [5.41, 5.74) is 8.70. The van der Waals surface area contributed by atoms with Crippen LogP contribution in [0.1, 0.15) is 10.0 Å². The number of para-hydroxylation sites is 2. The van der Waals surface area contributed by atoms with Gasteiger partial charge in [0.05, 0.1) is 32.4 Å². The van der Waals surface area contributed by atoms with Gasteiger partial charge in [0.15, 0.2) is 0 Å². The molecule has 0 radical (unpaired) electrons. The number of nitrogens with zero attached hydrogens (tertiary/aromatic N) is 6. The van der Waals surface area contributed by atoms with Crippen LogP contribution in [0.15, 0.2) is 218 Å². The number of benzene rings is 8. The Hall–Kier alpha value is -9.19. The van der Waals surface area contributed by atoms with Crippen molar-refractivity contribution in [1.29, 1.82) is 5.26 Å². The Bertz CT molecular complexity index is 3980. The number of fused-ring (bicyclic) bond motifs is 3. The number of phenolic OH excluding ortho intramolecular Hbond substituents is 2. The lowest BCUT2D eigenvalue weighted by atomic mass is 9.50. The predicted octanol–water partition coefficient (Wildman–Crippen LogP) is 9.51. The maximum absolute atomic E-state index is 12.1. The van der Waals surface area contributed by atoms with E-state index in [0.29, 0.717) is 59.7 Å². The summed E-state index contributed by atoms with van der Waals surface area (Å²) < 4.78 is 6.36. The first kappa shape index (κ1) is 44.0. The van der Waals surface area contributed by atoms with E-state index >= 15 is 0 Å². The van der Waals surface area contributed by atoms with Gasteiger partial charge in [-0.3, -0.25) is 0 Å². The Morgan fingerprint density at radius 1 is 0.486 bits per heavy atom. The van der Waals surface area contributed by atoms with Crippen molar-refractivity contribution in [3.63, 3.8) is 0 Å². The van der Waals surface area contributed by atoms with Gasteiger partial charge in [0.1, 0.15) is 33.2 Å². The molecule has 8 aromatic carbocycles. The summed E-state index contributed by atoms with van der Waals surface area (Å²) in [7, 11) is 0. The molecular weight excluding hydrogens is 922 g/mol. The molecule has 0 atom stereocenters. The van der Waals surface area contributed by atoms with E-state index in [9.17, 15) is 22.0 Å². The molecule has 72 heavy (non-hydrogen) atoms. The van der Waals surface area contributed by atoms with Crippen molar-refractivity contribution in [3.8, 4) is 40.1 Å². The van der Waals surface area contributed by atoms with E-state index in [2.05, 4.69) is 68.4 Å². The molecule has 2 N–H and O–H groups in total. The van der Waals surface area contributed by atoms with Crippen molar-refractivity contribution < 1.29 is 10.2 Å². The minimum absolute atomic E-state index is 0.0494. The maximum Gasteiger partial charge on any atom is 0.328 e. The SMILES string of the molecule is [C-]#[N+]/C(c1nc2ccccc2s1)=c1\c2c(-c3cccc(O)c3)n(B(c3ccccc3)c3ccccc3)/c(=C(/C#N)c3nc4ccccc4s3)c2c(-c2ccc(O)cc2)n1B(c1ccccc1)c1ccccc1. The highest BCUT2D eigenvalue weighted by Gasteiger charge is 2.37. The highest BCUT2D eigenvalue weighted by molar-refractivity contribution is 7.20. The van der Waals surface area contributed by atoms with Crippen LogP contribution >= 0.6 is 22.7 Å². The van der Waals surface area contributed by atoms with Gasteiger partial charge in [-0.2, -0.15) is 5.26 Å². The average Bonchev–Trinajstić information content (AvgIpc) is 4.21. The zero-order valence-corrected chi connectivity index (χ0v) is 40.0. The Morgan fingerprint density at radius 2 is 0.931 bits per heavy atom. The van der Waals surface area contributed by atoms with Crippen LogP contribution in [-0.4, -0.2) is 42.8 Å². The number of rotatable bonds is 10. The Labute approximate surface area is 423 Å². The number of hydrogen-bond donors (Lipinski definition) is 2. The molecule has 338 valence electrons. The molecule has 0 unspecified atom stereocenters. The van der Waals surface area contributed by atoms with E-state index < -0.39 is 13.7 Å². The van der Waals surface area contributed by atoms with Gasteiger partial charge in [-0.25, -0.2) is 14.8 Å². The fourth-order valence-electron chi connectivity index (χ4n) is 10.1. The summed E-state index contributed by atoms with van der Waals surface area (Å²) in [6.07, 6.45) is 0. The molecule has 12 aromatic rings. The van der Waals surface area contributed by atoms with E-state index in [1.54, 1.807) is 24.3 Å². The molecule has 0 fully saturated rings. The van der Waals surface area contributed by atoms with Crippen molar-refractivity contribution in [3.05, 3.63) is 251 Å². The van der Waals surface area contributed by atoms with Crippen molar-refractivity contribution in [2.45, 2.75) is 0 Å². The van der Waals surface area contributed by atoms with Crippen molar-refractivity contribution in [2.75, 3.05) is 0 Å². The summed E-state index contributed by atoms with van der Waals surface area (Å²) in [4.78, 5) is 15.0. The fraction of sp³-hybridized carbons (Fsp3) is 0. The van der Waals surface area contributed by atoms with Crippen LogP contribution in [0.4, 0.5) is 0 Å². The topological polar surface area (TPSA) is 104 Å². The number of hydrogen-bond acceptors (Lipinski definition) is 7. The zero-order chi connectivity index (χ0) is 48.7. The number of nitriles is 1. The van der Waals surface area contributed by atoms with Gasteiger partial charge >= 0.3 is 13.7 Å². The van der Waals surface area contributed by atoms with Gasteiger partial charge in [-0.1, -0.05) is 180 Å². The second kappa shape index (κ2) is 18.6. The first-order valence-electron chi connectivity index (χ1n) is 23.3. The van der Waals surface area contributed by atoms with Crippen LogP contribution in [0.2, 0.25) is 0 Å². The van der Waals surface area contributed by atoms with E-state index in [0.717, 1.165) is 47.8 Å². The highest BCUT2D eigenvalue weighted by atomic mass is 32.1. The predicted molar refractivity (Wildman–Crippen MR) is 296 cm³/mol. The van der Waals surface area contributed by atoms with Gasteiger partial charge in [-0.05, 0) is 66.2 Å². The fourth-order valence-corrected chi connectivity index (χ4v) is 12.0. The van der Waals surface area contributed by atoms with Crippen molar-refractivity contribution in [2.24, 2.45) is 0 Å². The van der Waals surface area contributed by atoms with Crippen LogP contribution in [0, 0.1) is 17.9 Å². The largest absolute Gasteiger partial charge is 0.508 e. The molecule has 0 spiro atoms. The summed E-state index contributed by atoms with van der Waals surface area (Å²) in [6.45, 7) is 8.28. The van der Waals surface area contributed by atoms with E-state index in [-0.39, 0.29) is 11.5 Å². The van der Waals surface area contributed by atoms with Crippen LogP contribution in [-0.2, 0) is 0 Å². The standard InChI is InChI=1S/C60H38B2N6O2S2/c1-64-54(60-66-49-30-15-17-32-51(49)72-60)58-53-52(55(39-33-35-45(69)36-34-39)68(58)62(43-24-10-4-11-25-43)44-26-12-5-13-27-44)57(47(38-63)59-65-48-29-14-16-31-50(48)71-59)67(56(53)40-19-18-28-46(70)37-40)61(41-20-6-2-7-21-41)42-22-8-3-9-23-42/h2-37,69-70H/b57-47-,58-54+. The Balaban J connectivity index is 1.45. The third-order valence-electron chi connectivity index (χ3n) is 13.1. The summed E-state index contributed by atoms with van der Waals surface area (Å²) >= 11 is 2.91. The zero-order valence-electron chi connectivity index (χ0n) is 38.3. The van der Waals surface area contributed by atoms with E-state index in [1.165, 1.54) is 22.7 Å². The normalized spacial score (nSPS) is 12.1. The molecule has 4 heterocycles. The minimum Gasteiger partial charge on any atom is -0.508 e. The molecular formula is C60H38B2N6O2S2. The van der Waals surface area contributed by atoms with E-state index in [1.807, 2.05) is 146 Å². The third-order valence-corrected chi connectivity index (χ3v) is 15.2. The van der Waals surface area contributed by atoms with Gasteiger partial charge in [-0.15, -0.1) is 22.7 Å². The number of aromatic nitrogens is 4. The van der Waals surface area contributed by atoms with Gasteiger partial charge in [0.2, 0.25) is 5.70 Å². The smallest absolute Gasteiger partial charge is 0.328 e. The second-order valence-corrected chi connectivity index (χ2v) is 19.4. The number of aromatic hydroxyl groups is 2. The van der Waals surface area contributed by atoms with Crippen LogP contribution < -0.4 is 32.5 Å². The molecule has 0 bridgehead atoms. The molecule has 0 aliphatic rings. The number of phenols is 2. The minimum atomic E-state index is -0.572. The molecule has 0 amide bonds. The maximum atomic E-state index is 12.1. The molecule has 0 aliphatic heterocycles. The van der Waals surface area contributed by atoms with E-state index in [4.69, 9.17) is 9.97 Å². The summed E-state index contributed by atoms with van der Waals surface area (Å²) in [5, 5.41) is 38.2. The summed E-state index contributed by atoms with van der Waals surface area (Å²) in [5.74, 6) is 0.136. The number of thiazole rings is 2. The molecule has 0 saturated heterocycles. The summed E-state index contributed by atoms with van der Waals surface area (Å²) in [6, 6.07) is 73.9. The molecule has 12 heteroatoms. The molecule has 8 nitrogen and oxygen atoms in total. The van der Waals surface area contributed by atoms with Gasteiger partial charge in [0, 0.05) is 33.1 Å². The highest BCUT2D eigenvalue weighted by Crippen LogP contribution is 2.39. The Morgan fingerprint density at radius 3 is 1.42 bits per heavy atom. The molecule has 0 aliphatic carbocycles. The lowest BCUT2D eigenvalue weighted by molar-refractivity contribution is 0.475. The quantitative estimate of drug-likeness (QED) is 0.105. The van der Waals surface area contributed by atoms with Crippen LogP contribution in [0.5, 0.6) is 11.5 Å². The van der Waals surface area contributed by atoms with Crippen LogP contribution in [0.3, 0.4) is 0 Å². The first-order chi connectivity index (χ1) is 35.5. The van der Waals surface area contributed by atoms with Gasteiger partial charge < -0.3 is 19.2 Å². The van der Waals surface area contributed by atoms with Crippen molar-refractivity contribution >= 4 is 101 Å². The van der Waals surface area contributed by atoms with Crippen LogP contribution in [0.25, 0.3) is 69.8 Å². The lowest BCUT2D eigenvalue weighted by Gasteiger charge is -2.24. The molecule has 4 aromatic heterocycles. The molecule has 0 saturated carbocycles. The average molecular weight is 961 g/mol. The molecule has 12 rings (SSSR count).